The molecule has 0 amide bonds. The van der Waals surface area contributed by atoms with E-state index in [-0.39, 0.29) is 0 Å². The van der Waals surface area contributed by atoms with Crippen molar-refractivity contribution in [3.05, 3.63) is 235 Å². The molecule has 0 saturated heterocycles. The Morgan fingerprint density at radius 1 is 0.367 bits per heavy atom. The molecule has 12 aromatic rings. The Labute approximate surface area is 346 Å². The summed E-state index contributed by atoms with van der Waals surface area (Å²) < 4.78 is 9.18. The first-order chi connectivity index (χ1) is 29.8. The van der Waals surface area contributed by atoms with Crippen molar-refractivity contribution in [2.75, 3.05) is 4.90 Å². The Morgan fingerprint density at radius 3 is 1.77 bits per heavy atom. The highest BCUT2D eigenvalue weighted by molar-refractivity contribution is 6.15. The van der Waals surface area contributed by atoms with Crippen LogP contribution in [0.25, 0.3) is 76.4 Å². The van der Waals surface area contributed by atoms with Gasteiger partial charge in [-0.05, 0) is 97.9 Å². The zero-order valence-electron chi connectivity index (χ0n) is 32.6. The van der Waals surface area contributed by atoms with Gasteiger partial charge in [-0.15, -0.1) is 0 Å². The van der Waals surface area contributed by atoms with E-state index in [1.807, 2.05) is 6.07 Å². The van der Waals surface area contributed by atoms with Crippen molar-refractivity contribution >= 4 is 82.4 Å². The van der Waals surface area contributed by atoms with Crippen LogP contribution in [0.3, 0.4) is 0 Å². The van der Waals surface area contributed by atoms with E-state index in [0.29, 0.717) is 0 Å². The van der Waals surface area contributed by atoms with Crippen LogP contribution < -0.4 is 4.90 Å². The molecule has 0 radical (unpaired) electrons. The molecule has 13 rings (SSSR count). The number of furan rings is 1. The number of fused-ring (bicyclic) bond motifs is 11. The topological polar surface area (TPSA) is 21.3 Å². The quantitative estimate of drug-likeness (QED) is 0.174. The molecule has 0 aliphatic heterocycles. The zero-order chi connectivity index (χ0) is 39.4. The van der Waals surface area contributed by atoms with Crippen molar-refractivity contribution in [3.63, 3.8) is 0 Å². The van der Waals surface area contributed by atoms with Gasteiger partial charge >= 0.3 is 0 Å². The molecule has 3 heteroatoms. The van der Waals surface area contributed by atoms with Gasteiger partial charge in [0.05, 0.1) is 22.1 Å². The van der Waals surface area contributed by atoms with E-state index in [4.69, 9.17) is 4.42 Å². The molecule has 0 atom stereocenters. The van der Waals surface area contributed by atoms with Crippen LogP contribution in [0, 0.1) is 0 Å². The van der Waals surface area contributed by atoms with Crippen molar-refractivity contribution in [1.29, 1.82) is 0 Å². The first kappa shape index (κ1) is 33.1. The number of hydrogen-bond donors (Lipinski definition) is 0. The van der Waals surface area contributed by atoms with Crippen LogP contribution in [0.2, 0.25) is 0 Å². The number of anilines is 3. The molecule has 0 spiro atoms. The van der Waals surface area contributed by atoms with Gasteiger partial charge in [0, 0.05) is 27.5 Å². The normalized spacial score (nSPS) is 13.1. The fraction of sp³-hybridized carbons (Fsp3) is 0.0175. The lowest BCUT2D eigenvalue weighted by Gasteiger charge is -2.37. The second kappa shape index (κ2) is 12.6. The van der Waals surface area contributed by atoms with Crippen LogP contribution in [-0.4, -0.2) is 4.57 Å². The summed E-state index contributed by atoms with van der Waals surface area (Å²) >= 11 is 0. The van der Waals surface area contributed by atoms with Crippen LogP contribution in [0.15, 0.2) is 223 Å². The lowest BCUT2D eigenvalue weighted by atomic mass is 9.77. The molecule has 0 saturated carbocycles. The van der Waals surface area contributed by atoms with E-state index in [2.05, 4.69) is 222 Å². The monoisotopic (exact) mass is 764 g/mol. The van der Waals surface area contributed by atoms with Crippen LogP contribution in [-0.2, 0) is 5.54 Å². The first-order valence-electron chi connectivity index (χ1n) is 20.7. The van der Waals surface area contributed by atoms with Gasteiger partial charge in [0.2, 0.25) is 0 Å². The van der Waals surface area contributed by atoms with Crippen molar-refractivity contribution < 1.29 is 4.42 Å². The van der Waals surface area contributed by atoms with E-state index in [1.54, 1.807) is 0 Å². The summed E-state index contributed by atoms with van der Waals surface area (Å²) in [5.41, 5.74) is 12.9. The average molecular weight is 765 g/mol. The standard InChI is InChI=1S/C57H36N2O/c1-2-17-39-35-40(32-31-37(39)15-1)58(52-28-14-30-55-56(52)47-23-8-12-29-54(47)60-55)41-33-34-46-45-22-7-11-27-51(45)59(53(46)36-41)57(48-26-13-18-38-16-3-4-19-42(38)48)49-24-9-5-20-43(49)44-21-6-10-25-50(44)57/h1-36H. The summed E-state index contributed by atoms with van der Waals surface area (Å²) in [6.45, 7) is 0. The predicted molar refractivity (Wildman–Crippen MR) is 250 cm³/mol. The highest BCUT2D eigenvalue weighted by atomic mass is 16.3. The van der Waals surface area contributed by atoms with Gasteiger partial charge < -0.3 is 13.9 Å². The summed E-state index contributed by atoms with van der Waals surface area (Å²) in [7, 11) is 0. The van der Waals surface area contributed by atoms with E-state index in [1.165, 1.54) is 65.7 Å². The highest BCUT2D eigenvalue weighted by Crippen LogP contribution is 2.57. The summed E-state index contributed by atoms with van der Waals surface area (Å²) in [5.74, 6) is 0. The van der Waals surface area contributed by atoms with E-state index in [9.17, 15) is 0 Å². The molecule has 2 heterocycles. The first-order valence-corrected chi connectivity index (χ1v) is 20.7. The average Bonchev–Trinajstić information content (AvgIpc) is 3.95. The van der Waals surface area contributed by atoms with Crippen LogP contribution >= 0.6 is 0 Å². The predicted octanol–water partition coefficient (Wildman–Crippen LogP) is 15.3. The minimum atomic E-state index is -0.706. The van der Waals surface area contributed by atoms with E-state index < -0.39 is 5.54 Å². The van der Waals surface area contributed by atoms with Gasteiger partial charge in [0.1, 0.15) is 16.7 Å². The SMILES string of the molecule is c1ccc2c(c1)-c1ccccc1C2(c1cccc2ccccc12)n1c2ccccc2c2ccc(N(c3ccc4ccccc4c3)c3cccc4oc5ccccc5c34)cc21. The largest absolute Gasteiger partial charge is 0.456 e. The van der Waals surface area contributed by atoms with Crippen molar-refractivity contribution in [1.82, 2.24) is 4.57 Å². The van der Waals surface area contributed by atoms with Crippen molar-refractivity contribution in [3.8, 4) is 11.1 Å². The van der Waals surface area contributed by atoms with Gasteiger partial charge in [-0.1, -0.05) is 170 Å². The molecular weight excluding hydrogens is 729 g/mol. The molecule has 1 aliphatic carbocycles. The Balaban J connectivity index is 1.19. The number of hydrogen-bond acceptors (Lipinski definition) is 2. The molecule has 3 nitrogen and oxygen atoms in total. The number of para-hydroxylation sites is 2. The molecule has 1 aliphatic rings. The lowest BCUT2D eigenvalue weighted by molar-refractivity contribution is 0.568. The summed E-state index contributed by atoms with van der Waals surface area (Å²) in [6.07, 6.45) is 0. The highest BCUT2D eigenvalue weighted by Gasteiger charge is 2.48. The molecule has 2 aromatic heterocycles. The summed E-state index contributed by atoms with van der Waals surface area (Å²) in [6, 6.07) is 80.1. The maximum Gasteiger partial charge on any atom is 0.137 e. The molecule has 0 fully saturated rings. The lowest BCUT2D eigenvalue weighted by Crippen LogP contribution is -2.36. The molecule has 0 bridgehead atoms. The number of nitrogens with zero attached hydrogens (tertiary/aromatic N) is 2. The Bertz CT molecular complexity index is 3650. The Kier molecular flexibility index (Phi) is 6.93. The summed E-state index contributed by atoms with van der Waals surface area (Å²) in [5, 5.41) is 9.48. The molecule has 0 unspecified atom stereocenters. The number of benzene rings is 10. The van der Waals surface area contributed by atoms with Gasteiger partial charge in [-0.3, -0.25) is 0 Å². The molecular formula is C57H36N2O. The maximum atomic E-state index is 6.52. The third kappa shape index (κ3) is 4.49. The second-order valence-corrected chi connectivity index (χ2v) is 16.0. The van der Waals surface area contributed by atoms with Gasteiger partial charge in [0.25, 0.3) is 0 Å². The summed E-state index contributed by atoms with van der Waals surface area (Å²) in [4.78, 5) is 2.43. The maximum absolute atomic E-state index is 6.52. The zero-order valence-corrected chi connectivity index (χ0v) is 32.6. The third-order valence-electron chi connectivity index (χ3n) is 13.0. The third-order valence-corrected chi connectivity index (χ3v) is 13.0. The number of rotatable bonds is 5. The fourth-order valence-corrected chi connectivity index (χ4v) is 10.5. The molecule has 0 N–H and O–H groups in total. The second-order valence-electron chi connectivity index (χ2n) is 16.0. The van der Waals surface area contributed by atoms with E-state index in [0.717, 1.165) is 44.5 Å². The van der Waals surface area contributed by atoms with Gasteiger partial charge in [-0.2, -0.15) is 0 Å². The van der Waals surface area contributed by atoms with Gasteiger partial charge in [-0.25, -0.2) is 0 Å². The Morgan fingerprint density at radius 2 is 0.933 bits per heavy atom. The fourth-order valence-electron chi connectivity index (χ4n) is 10.5. The van der Waals surface area contributed by atoms with E-state index >= 15 is 0 Å². The number of aromatic nitrogens is 1. The minimum absolute atomic E-state index is 0.706. The Hall–Kier alpha value is -7.88. The van der Waals surface area contributed by atoms with Crippen LogP contribution in [0.1, 0.15) is 16.7 Å². The van der Waals surface area contributed by atoms with Crippen LogP contribution in [0.5, 0.6) is 0 Å². The molecule has 280 valence electrons. The molecule has 60 heavy (non-hydrogen) atoms. The minimum Gasteiger partial charge on any atom is -0.456 e. The smallest absolute Gasteiger partial charge is 0.137 e. The van der Waals surface area contributed by atoms with Crippen molar-refractivity contribution in [2.24, 2.45) is 0 Å². The molecule has 10 aromatic carbocycles. The van der Waals surface area contributed by atoms with Crippen molar-refractivity contribution in [2.45, 2.75) is 5.54 Å². The van der Waals surface area contributed by atoms with Gasteiger partial charge in [0.15, 0.2) is 0 Å². The van der Waals surface area contributed by atoms with Crippen LogP contribution in [0.4, 0.5) is 17.1 Å².